The summed E-state index contributed by atoms with van der Waals surface area (Å²) < 4.78 is 5.17. The van der Waals surface area contributed by atoms with Crippen LogP contribution >= 0.6 is 11.3 Å². The number of nitrogens with zero attached hydrogens (tertiary/aromatic N) is 3. The van der Waals surface area contributed by atoms with E-state index >= 15 is 0 Å². The Morgan fingerprint density at radius 2 is 1.92 bits per heavy atom. The third-order valence-corrected chi connectivity index (χ3v) is 4.77. The average Bonchev–Trinajstić information content (AvgIpc) is 3.19. The van der Waals surface area contributed by atoms with E-state index in [-0.39, 0.29) is 18.5 Å². The number of piperazine rings is 1. The molecule has 138 valence electrons. The summed E-state index contributed by atoms with van der Waals surface area (Å²) in [6, 6.07) is 7.65. The zero-order valence-electron chi connectivity index (χ0n) is 14.5. The normalized spacial score (nSPS) is 14.0. The van der Waals surface area contributed by atoms with E-state index < -0.39 is 0 Å². The highest BCUT2D eigenvalue weighted by Gasteiger charge is 2.21. The number of nitrogens with one attached hydrogen (secondary N) is 2. The number of anilines is 2. The lowest BCUT2D eigenvalue weighted by Crippen LogP contribution is -2.52. The smallest absolute Gasteiger partial charge is 0.317 e. The Bertz CT molecular complexity index is 727. The monoisotopic (exact) mass is 375 g/mol. The van der Waals surface area contributed by atoms with E-state index in [9.17, 15) is 9.59 Å². The number of methoxy groups -OCH3 is 1. The van der Waals surface area contributed by atoms with Crippen LogP contribution in [0.15, 0.2) is 35.8 Å². The number of ether oxygens (including phenoxy) is 1. The first-order chi connectivity index (χ1) is 12.7. The van der Waals surface area contributed by atoms with Gasteiger partial charge in [0.15, 0.2) is 5.13 Å². The van der Waals surface area contributed by atoms with Gasteiger partial charge in [-0.25, -0.2) is 9.78 Å². The highest BCUT2D eigenvalue weighted by Crippen LogP contribution is 2.20. The first-order valence-electron chi connectivity index (χ1n) is 8.27. The van der Waals surface area contributed by atoms with E-state index in [0.29, 0.717) is 18.2 Å². The molecule has 8 nitrogen and oxygen atoms in total. The summed E-state index contributed by atoms with van der Waals surface area (Å²) in [6.07, 6.45) is 1.61. The van der Waals surface area contributed by atoms with Crippen LogP contribution in [0.2, 0.25) is 0 Å². The standard InChI is InChI=1S/C17H21N5O3S/c1-25-14-4-2-13(3-5-14)21-7-9-22(10-8-21)17(24)19-12-15(23)20-16-18-6-11-26-16/h2-6,11H,7-10,12H2,1H3,(H,19,24)(H,18,20,23). The predicted molar refractivity (Wildman–Crippen MR) is 101 cm³/mol. The Hall–Kier alpha value is -2.81. The molecule has 0 aliphatic carbocycles. The maximum atomic E-state index is 12.2. The van der Waals surface area contributed by atoms with Crippen LogP contribution in [0.3, 0.4) is 0 Å². The van der Waals surface area contributed by atoms with Crippen LogP contribution in [0, 0.1) is 0 Å². The van der Waals surface area contributed by atoms with Gasteiger partial charge in [0.1, 0.15) is 5.75 Å². The average molecular weight is 375 g/mol. The number of amides is 3. The molecule has 1 saturated heterocycles. The molecule has 2 aromatic rings. The fraction of sp³-hybridized carbons (Fsp3) is 0.353. The summed E-state index contributed by atoms with van der Waals surface area (Å²) in [4.78, 5) is 31.9. The highest BCUT2D eigenvalue weighted by molar-refractivity contribution is 7.13. The van der Waals surface area contributed by atoms with E-state index in [2.05, 4.69) is 20.5 Å². The largest absolute Gasteiger partial charge is 0.497 e. The van der Waals surface area contributed by atoms with Crippen molar-refractivity contribution >= 4 is 34.1 Å². The third kappa shape index (κ3) is 4.63. The van der Waals surface area contributed by atoms with Gasteiger partial charge in [-0.15, -0.1) is 11.3 Å². The van der Waals surface area contributed by atoms with Crippen molar-refractivity contribution in [3.63, 3.8) is 0 Å². The van der Waals surface area contributed by atoms with E-state index in [1.54, 1.807) is 23.6 Å². The van der Waals surface area contributed by atoms with Gasteiger partial charge in [0.25, 0.3) is 0 Å². The molecule has 0 unspecified atom stereocenters. The molecule has 1 aliphatic rings. The van der Waals surface area contributed by atoms with Gasteiger partial charge < -0.3 is 25.2 Å². The van der Waals surface area contributed by atoms with Gasteiger partial charge in [-0.05, 0) is 24.3 Å². The fourth-order valence-corrected chi connectivity index (χ4v) is 3.22. The van der Waals surface area contributed by atoms with Gasteiger partial charge in [0.2, 0.25) is 5.91 Å². The lowest BCUT2D eigenvalue weighted by Gasteiger charge is -2.36. The number of aromatic nitrogens is 1. The van der Waals surface area contributed by atoms with Crippen LogP contribution in [-0.2, 0) is 4.79 Å². The first kappa shape index (κ1) is 18.0. The SMILES string of the molecule is COc1ccc(N2CCN(C(=O)NCC(=O)Nc3nccs3)CC2)cc1. The number of hydrogen-bond donors (Lipinski definition) is 2. The van der Waals surface area contributed by atoms with Crippen molar-refractivity contribution < 1.29 is 14.3 Å². The molecule has 2 heterocycles. The molecule has 1 aliphatic heterocycles. The molecule has 3 rings (SSSR count). The third-order valence-electron chi connectivity index (χ3n) is 4.08. The Morgan fingerprint density at radius 3 is 2.54 bits per heavy atom. The van der Waals surface area contributed by atoms with E-state index in [4.69, 9.17) is 4.74 Å². The van der Waals surface area contributed by atoms with Crippen molar-refractivity contribution in [1.82, 2.24) is 15.2 Å². The predicted octanol–water partition coefficient (Wildman–Crippen LogP) is 1.62. The fourth-order valence-electron chi connectivity index (χ4n) is 2.68. The summed E-state index contributed by atoms with van der Waals surface area (Å²) in [5.74, 6) is 0.535. The van der Waals surface area contributed by atoms with Crippen LogP contribution in [0.1, 0.15) is 0 Å². The Kier molecular flexibility index (Phi) is 5.90. The molecule has 1 aromatic carbocycles. The number of carbonyl (C=O) groups excluding carboxylic acids is 2. The molecule has 1 fully saturated rings. The zero-order chi connectivity index (χ0) is 18.4. The summed E-state index contributed by atoms with van der Waals surface area (Å²) >= 11 is 1.33. The van der Waals surface area contributed by atoms with Gasteiger partial charge in [-0.1, -0.05) is 0 Å². The molecule has 3 amide bonds. The van der Waals surface area contributed by atoms with Gasteiger partial charge in [0, 0.05) is 43.4 Å². The minimum atomic E-state index is -0.287. The summed E-state index contributed by atoms with van der Waals surface area (Å²) in [7, 11) is 1.64. The molecular formula is C17H21N5O3S. The molecule has 0 spiro atoms. The number of urea groups is 1. The lowest BCUT2D eigenvalue weighted by atomic mass is 10.2. The lowest BCUT2D eigenvalue weighted by molar-refractivity contribution is -0.115. The number of hydrogen-bond acceptors (Lipinski definition) is 6. The number of rotatable bonds is 5. The summed E-state index contributed by atoms with van der Waals surface area (Å²) in [5, 5.41) is 7.59. The highest BCUT2D eigenvalue weighted by atomic mass is 32.1. The van der Waals surface area contributed by atoms with Crippen molar-refractivity contribution in [2.75, 3.05) is 50.1 Å². The summed E-state index contributed by atoms with van der Waals surface area (Å²) in [6.45, 7) is 2.62. The maximum absolute atomic E-state index is 12.2. The molecule has 0 radical (unpaired) electrons. The Morgan fingerprint density at radius 1 is 1.19 bits per heavy atom. The van der Waals surface area contributed by atoms with Gasteiger partial charge in [-0.3, -0.25) is 4.79 Å². The van der Waals surface area contributed by atoms with Crippen LogP contribution in [0.4, 0.5) is 15.6 Å². The molecule has 0 bridgehead atoms. The van der Waals surface area contributed by atoms with Crippen LogP contribution in [-0.4, -0.2) is 61.7 Å². The molecular weight excluding hydrogens is 354 g/mol. The number of benzene rings is 1. The molecule has 2 N–H and O–H groups in total. The molecule has 0 atom stereocenters. The Balaban J connectivity index is 1.42. The van der Waals surface area contributed by atoms with Crippen molar-refractivity contribution in [3.05, 3.63) is 35.8 Å². The molecule has 9 heteroatoms. The van der Waals surface area contributed by atoms with E-state index in [1.807, 2.05) is 24.3 Å². The minimum absolute atomic E-state index is 0.0723. The van der Waals surface area contributed by atoms with Crippen molar-refractivity contribution in [2.24, 2.45) is 0 Å². The first-order valence-corrected chi connectivity index (χ1v) is 9.15. The van der Waals surface area contributed by atoms with Gasteiger partial charge in [0.05, 0.1) is 13.7 Å². The van der Waals surface area contributed by atoms with Crippen LogP contribution in [0.5, 0.6) is 5.75 Å². The van der Waals surface area contributed by atoms with Gasteiger partial charge in [-0.2, -0.15) is 0 Å². The maximum Gasteiger partial charge on any atom is 0.317 e. The number of carbonyl (C=O) groups is 2. The second kappa shape index (κ2) is 8.52. The minimum Gasteiger partial charge on any atom is -0.497 e. The topological polar surface area (TPSA) is 86.8 Å². The molecule has 1 aromatic heterocycles. The Labute approximate surface area is 155 Å². The van der Waals surface area contributed by atoms with Crippen LogP contribution in [0.25, 0.3) is 0 Å². The van der Waals surface area contributed by atoms with Crippen molar-refractivity contribution in [3.8, 4) is 5.75 Å². The quantitative estimate of drug-likeness (QED) is 0.829. The molecule has 26 heavy (non-hydrogen) atoms. The summed E-state index contributed by atoms with van der Waals surface area (Å²) in [5.41, 5.74) is 1.11. The van der Waals surface area contributed by atoms with Crippen molar-refractivity contribution in [1.29, 1.82) is 0 Å². The van der Waals surface area contributed by atoms with Crippen molar-refractivity contribution in [2.45, 2.75) is 0 Å². The van der Waals surface area contributed by atoms with E-state index in [0.717, 1.165) is 24.5 Å². The van der Waals surface area contributed by atoms with Gasteiger partial charge >= 0.3 is 6.03 Å². The van der Waals surface area contributed by atoms with E-state index in [1.165, 1.54) is 11.3 Å². The molecule has 0 saturated carbocycles. The zero-order valence-corrected chi connectivity index (χ0v) is 15.3. The second-order valence-corrected chi connectivity index (χ2v) is 6.61. The number of thiazole rings is 1. The second-order valence-electron chi connectivity index (χ2n) is 5.72. The van der Waals surface area contributed by atoms with Crippen LogP contribution < -0.4 is 20.3 Å².